The van der Waals surface area contributed by atoms with Crippen LogP contribution in [0, 0.1) is 6.92 Å². The van der Waals surface area contributed by atoms with Crippen LogP contribution in [0.2, 0.25) is 0 Å². The predicted molar refractivity (Wildman–Crippen MR) is 87.3 cm³/mol. The molecule has 1 aromatic heterocycles. The monoisotopic (exact) mass is 334 g/mol. The number of aromatic nitrogens is 1. The molecule has 0 bridgehead atoms. The quantitative estimate of drug-likeness (QED) is 0.875. The number of ether oxygens (including phenoxy) is 1. The van der Waals surface area contributed by atoms with Crippen LogP contribution < -0.4 is 10.1 Å². The van der Waals surface area contributed by atoms with Gasteiger partial charge >= 0.3 is 0 Å². The predicted octanol–water partition coefficient (Wildman–Crippen LogP) is 2.20. The minimum absolute atomic E-state index is 0.135. The van der Waals surface area contributed by atoms with Crippen molar-refractivity contribution < 1.29 is 17.9 Å². The third-order valence-corrected chi connectivity index (χ3v) is 4.93. The highest BCUT2D eigenvalue weighted by molar-refractivity contribution is 7.91. The average molecular weight is 334 g/mol. The van der Waals surface area contributed by atoms with Gasteiger partial charge in [0.2, 0.25) is 5.91 Å². The molecule has 7 heteroatoms. The van der Waals surface area contributed by atoms with Crippen molar-refractivity contribution in [2.24, 2.45) is 0 Å². The standard InChI is InChI=1S/C16H18N2O4S/c1-12-3-8-15(17-11-12)18-16(19)9-10-23(20,21)14-6-4-13(22-2)5-7-14/h3-8,11H,9-10H2,1-2H3,(H,17,18,19). The Labute approximate surface area is 135 Å². The molecule has 2 rings (SSSR count). The van der Waals surface area contributed by atoms with E-state index in [-0.39, 0.29) is 17.1 Å². The second-order valence-corrected chi connectivity index (χ2v) is 7.12. The van der Waals surface area contributed by atoms with E-state index in [2.05, 4.69) is 10.3 Å². The van der Waals surface area contributed by atoms with Crippen LogP contribution >= 0.6 is 0 Å². The molecule has 0 radical (unpaired) electrons. The SMILES string of the molecule is COc1ccc(S(=O)(=O)CCC(=O)Nc2ccc(C)cn2)cc1. The lowest BCUT2D eigenvalue weighted by Crippen LogP contribution is -2.18. The normalized spacial score (nSPS) is 11.0. The maximum atomic E-state index is 12.2. The molecule has 0 aliphatic carbocycles. The lowest BCUT2D eigenvalue weighted by molar-refractivity contribution is -0.115. The van der Waals surface area contributed by atoms with E-state index in [9.17, 15) is 13.2 Å². The van der Waals surface area contributed by atoms with E-state index in [4.69, 9.17) is 4.74 Å². The van der Waals surface area contributed by atoms with Crippen molar-refractivity contribution in [2.75, 3.05) is 18.2 Å². The molecule has 0 saturated heterocycles. The molecule has 0 unspecified atom stereocenters. The van der Waals surface area contributed by atoms with E-state index in [1.165, 1.54) is 19.2 Å². The Balaban J connectivity index is 1.95. The number of benzene rings is 1. The van der Waals surface area contributed by atoms with Crippen molar-refractivity contribution >= 4 is 21.6 Å². The van der Waals surface area contributed by atoms with E-state index in [0.29, 0.717) is 11.6 Å². The molecule has 2 aromatic rings. The Morgan fingerprint density at radius 2 is 1.87 bits per heavy atom. The lowest BCUT2D eigenvalue weighted by Gasteiger charge is -2.07. The number of anilines is 1. The van der Waals surface area contributed by atoms with Gasteiger partial charge in [0.05, 0.1) is 17.8 Å². The van der Waals surface area contributed by atoms with Gasteiger partial charge in [-0.25, -0.2) is 13.4 Å². The molecule has 0 aliphatic heterocycles. The number of methoxy groups -OCH3 is 1. The second kappa shape index (κ2) is 7.23. The van der Waals surface area contributed by atoms with Gasteiger partial charge in [-0.2, -0.15) is 0 Å². The minimum atomic E-state index is -3.52. The average Bonchev–Trinajstić information content (AvgIpc) is 2.55. The number of hydrogen-bond acceptors (Lipinski definition) is 5. The number of carbonyl (C=O) groups excluding carboxylic acids is 1. The van der Waals surface area contributed by atoms with Gasteiger partial charge in [0, 0.05) is 12.6 Å². The Bertz CT molecular complexity index is 769. The van der Waals surface area contributed by atoms with Gasteiger partial charge in [-0.1, -0.05) is 6.07 Å². The summed E-state index contributed by atoms with van der Waals surface area (Å²) in [7, 11) is -2.01. The van der Waals surface area contributed by atoms with Gasteiger partial charge in [-0.3, -0.25) is 4.79 Å². The Hall–Kier alpha value is -2.41. The van der Waals surface area contributed by atoms with Gasteiger partial charge < -0.3 is 10.1 Å². The number of sulfone groups is 1. The third kappa shape index (κ3) is 4.79. The smallest absolute Gasteiger partial charge is 0.226 e. The third-order valence-electron chi connectivity index (χ3n) is 3.20. The summed E-state index contributed by atoms with van der Waals surface area (Å²) in [5, 5.41) is 2.58. The van der Waals surface area contributed by atoms with Gasteiger partial charge in [-0.05, 0) is 42.8 Å². The van der Waals surface area contributed by atoms with E-state index in [1.807, 2.05) is 13.0 Å². The molecule has 1 heterocycles. The Morgan fingerprint density at radius 1 is 1.17 bits per heavy atom. The summed E-state index contributed by atoms with van der Waals surface area (Å²) >= 11 is 0. The summed E-state index contributed by atoms with van der Waals surface area (Å²) in [5.74, 6) is 0.324. The van der Waals surface area contributed by atoms with Crippen molar-refractivity contribution in [1.29, 1.82) is 0 Å². The first-order valence-corrected chi connectivity index (χ1v) is 8.65. The summed E-state index contributed by atoms with van der Waals surface area (Å²) in [6.45, 7) is 1.89. The summed E-state index contributed by atoms with van der Waals surface area (Å²) in [4.78, 5) is 16.1. The molecule has 1 N–H and O–H groups in total. The maximum absolute atomic E-state index is 12.2. The van der Waals surface area contributed by atoms with Crippen LogP contribution in [0.1, 0.15) is 12.0 Å². The zero-order valence-corrected chi connectivity index (χ0v) is 13.8. The van der Waals surface area contributed by atoms with Crippen molar-refractivity contribution in [2.45, 2.75) is 18.2 Å². The molecule has 0 saturated carbocycles. The number of pyridine rings is 1. The molecule has 0 atom stereocenters. The van der Waals surface area contributed by atoms with E-state index < -0.39 is 15.7 Å². The summed E-state index contributed by atoms with van der Waals surface area (Å²) < 4.78 is 29.4. The maximum Gasteiger partial charge on any atom is 0.226 e. The molecule has 0 spiro atoms. The van der Waals surface area contributed by atoms with Gasteiger partial charge in [0.1, 0.15) is 11.6 Å². The zero-order chi connectivity index (χ0) is 16.9. The topological polar surface area (TPSA) is 85.4 Å². The van der Waals surface area contributed by atoms with Crippen LogP contribution in [0.25, 0.3) is 0 Å². The number of rotatable bonds is 6. The van der Waals surface area contributed by atoms with Crippen molar-refractivity contribution in [3.63, 3.8) is 0 Å². The summed E-state index contributed by atoms with van der Waals surface area (Å²) in [6, 6.07) is 9.56. The van der Waals surface area contributed by atoms with E-state index in [0.717, 1.165) is 5.56 Å². The van der Waals surface area contributed by atoms with Crippen LogP contribution in [-0.4, -0.2) is 32.2 Å². The van der Waals surface area contributed by atoms with Crippen molar-refractivity contribution in [3.05, 3.63) is 48.2 Å². The van der Waals surface area contributed by atoms with E-state index >= 15 is 0 Å². The minimum Gasteiger partial charge on any atom is -0.497 e. The number of hydrogen-bond donors (Lipinski definition) is 1. The van der Waals surface area contributed by atoms with Crippen LogP contribution in [0.3, 0.4) is 0 Å². The number of nitrogens with zero attached hydrogens (tertiary/aromatic N) is 1. The Kier molecular flexibility index (Phi) is 5.33. The fourth-order valence-corrected chi connectivity index (χ4v) is 3.12. The number of aryl methyl sites for hydroxylation is 1. The van der Waals surface area contributed by atoms with Crippen LogP contribution in [0.4, 0.5) is 5.82 Å². The lowest BCUT2D eigenvalue weighted by atomic mass is 10.3. The highest BCUT2D eigenvalue weighted by Gasteiger charge is 2.16. The zero-order valence-electron chi connectivity index (χ0n) is 12.9. The molecule has 1 amide bonds. The number of amides is 1. The molecule has 1 aromatic carbocycles. The largest absolute Gasteiger partial charge is 0.497 e. The fourth-order valence-electron chi connectivity index (χ4n) is 1.88. The van der Waals surface area contributed by atoms with Crippen LogP contribution in [0.5, 0.6) is 5.75 Å². The van der Waals surface area contributed by atoms with Gasteiger partial charge in [0.25, 0.3) is 0 Å². The molecular weight excluding hydrogens is 316 g/mol. The molecule has 6 nitrogen and oxygen atoms in total. The molecule has 23 heavy (non-hydrogen) atoms. The fraction of sp³-hybridized carbons (Fsp3) is 0.250. The molecule has 0 aliphatic rings. The number of carbonyl (C=O) groups is 1. The summed E-state index contributed by atoms with van der Waals surface area (Å²) in [5.41, 5.74) is 0.977. The molecule has 122 valence electrons. The molecular formula is C16H18N2O4S. The van der Waals surface area contributed by atoms with Crippen LogP contribution in [0.15, 0.2) is 47.5 Å². The van der Waals surface area contributed by atoms with Crippen molar-refractivity contribution in [3.8, 4) is 5.75 Å². The molecule has 0 fully saturated rings. The number of nitrogens with one attached hydrogen (secondary N) is 1. The van der Waals surface area contributed by atoms with Crippen molar-refractivity contribution in [1.82, 2.24) is 4.98 Å². The first kappa shape index (κ1) is 17.0. The highest BCUT2D eigenvalue weighted by Crippen LogP contribution is 2.17. The first-order chi connectivity index (χ1) is 10.9. The highest BCUT2D eigenvalue weighted by atomic mass is 32.2. The van der Waals surface area contributed by atoms with Gasteiger partial charge in [-0.15, -0.1) is 0 Å². The Morgan fingerprint density at radius 3 is 2.43 bits per heavy atom. The van der Waals surface area contributed by atoms with Crippen LogP contribution in [-0.2, 0) is 14.6 Å². The van der Waals surface area contributed by atoms with E-state index in [1.54, 1.807) is 24.4 Å². The van der Waals surface area contributed by atoms with Gasteiger partial charge in [0.15, 0.2) is 9.84 Å². The first-order valence-electron chi connectivity index (χ1n) is 7.00. The second-order valence-electron chi connectivity index (χ2n) is 5.01. The summed E-state index contributed by atoms with van der Waals surface area (Å²) in [6.07, 6.45) is 1.49.